The number of carbonyl (C=O) groups excluding carboxylic acids is 2. The first-order valence-corrected chi connectivity index (χ1v) is 7.18. The molecule has 1 saturated heterocycles. The molecule has 0 aliphatic carbocycles. The van der Waals surface area contributed by atoms with Crippen LogP contribution >= 0.6 is 0 Å². The molecule has 1 heterocycles. The van der Waals surface area contributed by atoms with E-state index in [0.717, 1.165) is 5.69 Å². The Morgan fingerprint density at radius 3 is 2.48 bits per heavy atom. The summed E-state index contributed by atoms with van der Waals surface area (Å²) in [5.74, 6) is -0.0989. The standard InChI is InChI=1S/C16H22N2O3/c1-16(2,3)12-4-6-13(7-5-12)17-14(19)8-9-18-10-11-21-15(18)20/h4-7H,8-11H2,1-3H3,(H,17,19). The number of carbonyl (C=O) groups is 2. The van der Waals surface area contributed by atoms with Gasteiger partial charge in [-0.3, -0.25) is 4.79 Å². The van der Waals surface area contributed by atoms with E-state index in [-0.39, 0.29) is 23.8 Å². The molecule has 0 bridgehead atoms. The van der Waals surface area contributed by atoms with E-state index in [1.54, 1.807) is 4.90 Å². The largest absolute Gasteiger partial charge is 0.448 e. The number of hydrogen-bond acceptors (Lipinski definition) is 3. The van der Waals surface area contributed by atoms with Gasteiger partial charge in [0.1, 0.15) is 6.61 Å². The molecule has 0 saturated carbocycles. The van der Waals surface area contributed by atoms with Crippen LogP contribution in [0.3, 0.4) is 0 Å². The summed E-state index contributed by atoms with van der Waals surface area (Å²) in [6.07, 6.45) is -0.0619. The number of hydrogen-bond donors (Lipinski definition) is 1. The quantitative estimate of drug-likeness (QED) is 0.927. The highest BCUT2D eigenvalue weighted by atomic mass is 16.6. The van der Waals surface area contributed by atoms with E-state index in [9.17, 15) is 9.59 Å². The molecule has 5 nitrogen and oxygen atoms in total. The number of amides is 2. The molecule has 1 aromatic rings. The van der Waals surface area contributed by atoms with E-state index in [4.69, 9.17) is 4.74 Å². The van der Waals surface area contributed by atoms with Crippen LogP contribution in [0.2, 0.25) is 0 Å². The first-order chi connectivity index (χ1) is 9.86. The lowest BCUT2D eigenvalue weighted by atomic mass is 9.87. The van der Waals surface area contributed by atoms with Crippen LogP contribution in [0, 0.1) is 0 Å². The minimum atomic E-state index is -0.336. The van der Waals surface area contributed by atoms with Gasteiger partial charge in [-0.2, -0.15) is 0 Å². The van der Waals surface area contributed by atoms with E-state index in [1.807, 2.05) is 24.3 Å². The average molecular weight is 290 g/mol. The molecule has 1 fully saturated rings. The van der Waals surface area contributed by atoms with E-state index in [0.29, 0.717) is 19.7 Å². The predicted molar refractivity (Wildman–Crippen MR) is 81.3 cm³/mol. The van der Waals surface area contributed by atoms with E-state index < -0.39 is 0 Å². The van der Waals surface area contributed by atoms with Gasteiger partial charge >= 0.3 is 6.09 Å². The topological polar surface area (TPSA) is 58.6 Å². The van der Waals surface area contributed by atoms with Crippen LogP contribution in [0.1, 0.15) is 32.8 Å². The van der Waals surface area contributed by atoms with Gasteiger partial charge in [0.25, 0.3) is 0 Å². The number of benzene rings is 1. The summed E-state index contributed by atoms with van der Waals surface area (Å²) in [5, 5.41) is 2.84. The number of anilines is 1. The van der Waals surface area contributed by atoms with E-state index in [2.05, 4.69) is 26.1 Å². The number of nitrogens with one attached hydrogen (secondary N) is 1. The Hall–Kier alpha value is -2.04. The minimum Gasteiger partial charge on any atom is -0.448 e. The Morgan fingerprint density at radius 2 is 1.95 bits per heavy atom. The van der Waals surface area contributed by atoms with Gasteiger partial charge < -0.3 is 15.0 Å². The summed E-state index contributed by atoms with van der Waals surface area (Å²) in [7, 11) is 0. The third kappa shape index (κ3) is 4.21. The minimum absolute atomic E-state index is 0.0959. The number of nitrogens with zero attached hydrogens (tertiary/aromatic N) is 1. The van der Waals surface area contributed by atoms with Gasteiger partial charge in [-0.05, 0) is 23.1 Å². The maximum atomic E-state index is 11.9. The Kier molecular flexibility index (Phi) is 4.50. The van der Waals surface area contributed by atoms with Gasteiger partial charge in [0.05, 0.1) is 6.54 Å². The summed E-state index contributed by atoms with van der Waals surface area (Å²) in [5.41, 5.74) is 2.09. The molecular formula is C16H22N2O3. The highest BCUT2D eigenvalue weighted by Gasteiger charge is 2.22. The molecule has 0 atom stereocenters. The number of rotatable bonds is 4. The molecular weight excluding hydrogens is 268 g/mol. The van der Waals surface area contributed by atoms with Gasteiger partial charge in [0.15, 0.2) is 0 Å². The fourth-order valence-corrected chi connectivity index (χ4v) is 2.14. The Labute approximate surface area is 125 Å². The lowest BCUT2D eigenvalue weighted by Gasteiger charge is -2.19. The molecule has 0 aromatic heterocycles. The van der Waals surface area contributed by atoms with Crippen LogP contribution in [0.4, 0.5) is 10.5 Å². The molecule has 21 heavy (non-hydrogen) atoms. The summed E-state index contributed by atoms with van der Waals surface area (Å²) in [4.78, 5) is 24.7. The fourth-order valence-electron chi connectivity index (χ4n) is 2.14. The first-order valence-electron chi connectivity index (χ1n) is 7.18. The number of ether oxygens (including phenoxy) is 1. The van der Waals surface area contributed by atoms with Crippen LogP contribution in [0.15, 0.2) is 24.3 Å². The monoisotopic (exact) mass is 290 g/mol. The molecule has 114 valence electrons. The SMILES string of the molecule is CC(C)(C)c1ccc(NC(=O)CCN2CCOC2=O)cc1. The summed E-state index contributed by atoms with van der Waals surface area (Å²) in [6, 6.07) is 7.85. The molecule has 1 aromatic carbocycles. The molecule has 0 unspecified atom stereocenters. The maximum absolute atomic E-state index is 11.9. The second-order valence-corrected chi connectivity index (χ2v) is 6.23. The van der Waals surface area contributed by atoms with Gasteiger partial charge in [-0.1, -0.05) is 32.9 Å². The molecule has 2 amide bonds. The van der Waals surface area contributed by atoms with Crippen LogP contribution in [-0.2, 0) is 14.9 Å². The highest BCUT2D eigenvalue weighted by Crippen LogP contribution is 2.23. The Morgan fingerprint density at radius 1 is 1.29 bits per heavy atom. The molecule has 0 radical (unpaired) electrons. The molecule has 0 spiro atoms. The van der Waals surface area contributed by atoms with Crippen molar-refractivity contribution in [3.8, 4) is 0 Å². The first kappa shape index (κ1) is 15.4. The molecule has 1 aliphatic heterocycles. The zero-order valence-corrected chi connectivity index (χ0v) is 12.8. The van der Waals surface area contributed by atoms with Crippen molar-refractivity contribution in [2.45, 2.75) is 32.6 Å². The van der Waals surface area contributed by atoms with Gasteiger partial charge in [0.2, 0.25) is 5.91 Å². The van der Waals surface area contributed by atoms with Crippen LogP contribution in [0.25, 0.3) is 0 Å². The smallest absolute Gasteiger partial charge is 0.409 e. The van der Waals surface area contributed by atoms with Crippen LogP contribution < -0.4 is 5.32 Å². The lowest BCUT2D eigenvalue weighted by Crippen LogP contribution is -2.28. The zero-order valence-electron chi connectivity index (χ0n) is 12.8. The van der Waals surface area contributed by atoms with E-state index in [1.165, 1.54) is 5.56 Å². The van der Waals surface area contributed by atoms with E-state index >= 15 is 0 Å². The van der Waals surface area contributed by atoms with Crippen LogP contribution in [-0.4, -0.2) is 36.6 Å². The van der Waals surface area contributed by atoms with Crippen LogP contribution in [0.5, 0.6) is 0 Å². The van der Waals surface area contributed by atoms with Crippen molar-refractivity contribution in [2.24, 2.45) is 0 Å². The summed E-state index contributed by atoms with van der Waals surface area (Å²) < 4.78 is 4.82. The predicted octanol–water partition coefficient (Wildman–Crippen LogP) is 2.76. The van der Waals surface area contributed by atoms with Gasteiger partial charge in [-0.15, -0.1) is 0 Å². The fraction of sp³-hybridized carbons (Fsp3) is 0.500. The molecule has 5 heteroatoms. The third-order valence-electron chi connectivity index (χ3n) is 3.49. The summed E-state index contributed by atoms with van der Waals surface area (Å²) in [6.45, 7) is 7.81. The van der Waals surface area contributed by atoms with Crippen molar-refractivity contribution < 1.29 is 14.3 Å². The van der Waals surface area contributed by atoms with Gasteiger partial charge in [-0.25, -0.2) is 4.79 Å². The average Bonchev–Trinajstić information content (AvgIpc) is 2.81. The number of cyclic esters (lactones) is 1. The second kappa shape index (κ2) is 6.16. The van der Waals surface area contributed by atoms with Crippen molar-refractivity contribution in [3.05, 3.63) is 29.8 Å². The normalized spacial score (nSPS) is 15.0. The Balaban J connectivity index is 1.83. The zero-order chi connectivity index (χ0) is 15.5. The summed E-state index contributed by atoms with van der Waals surface area (Å²) >= 11 is 0. The second-order valence-electron chi connectivity index (χ2n) is 6.23. The molecule has 1 N–H and O–H groups in total. The van der Waals surface area contributed by atoms with Crippen molar-refractivity contribution in [1.29, 1.82) is 0 Å². The van der Waals surface area contributed by atoms with Gasteiger partial charge in [0, 0.05) is 18.7 Å². The van der Waals surface area contributed by atoms with Crippen molar-refractivity contribution in [2.75, 3.05) is 25.0 Å². The maximum Gasteiger partial charge on any atom is 0.409 e. The molecule has 2 rings (SSSR count). The highest BCUT2D eigenvalue weighted by molar-refractivity contribution is 5.91. The van der Waals surface area contributed by atoms with Crippen molar-refractivity contribution >= 4 is 17.7 Å². The lowest BCUT2D eigenvalue weighted by molar-refractivity contribution is -0.116. The van der Waals surface area contributed by atoms with Crippen molar-refractivity contribution in [1.82, 2.24) is 4.90 Å². The Bertz CT molecular complexity index is 517. The molecule has 1 aliphatic rings. The third-order valence-corrected chi connectivity index (χ3v) is 3.49. The van der Waals surface area contributed by atoms with Crippen molar-refractivity contribution in [3.63, 3.8) is 0 Å².